The molecule has 0 bridgehead atoms. The predicted octanol–water partition coefficient (Wildman–Crippen LogP) is 2.85. The summed E-state index contributed by atoms with van der Waals surface area (Å²) in [6, 6.07) is 7.42. The molecular formula is C13H12ClN3O2. The first-order valence-corrected chi connectivity index (χ1v) is 6.17. The number of nitrogens with zero attached hydrogens (tertiary/aromatic N) is 1. The van der Waals surface area contributed by atoms with Crippen LogP contribution in [-0.2, 0) is 13.2 Å². The second-order valence-corrected chi connectivity index (χ2v) is 4.54. The van der Waals surface area contributed by atoms with Crippen LogP contribution in [0, 0.1) is 0 Å². The Morgan fingerprint density at radius 2 is 2.26 bits per heavy atom. The van der Waals surface area contributed by atoms with Crippen molar-refractivity contribution in [2.24, 2.45) is 5.73 Å². The highest BCUT2D eigenvalue weighted by Crippen LogP contribution is 2.30. The summed E-state index contributed by atoms with van der Waals surface area (Å²) in [4.78, 5) is 3.21. The normalized spacial score (nSPS) is 11.1. The summed E-state index contributed by atoms with van der Waals surface area (Å²) in [7, 11) is 0. The van der Waals surface area contributed by atoms with E-state index >= 15 is 0 Å². The topological polar surface area (TPSA) is 77.1 Å². The van der Waals surface area contributed by atoms with Gasteiger partial charge in [0, 0.05) is 35.3 Å². The predicted molar refractivity (Wildman–Crippen MR) is 72.0 cm³/mol. The minimum Gasteiger partial charge on any atom is -0.484 e. The van der Waals surface area contributed by atoms with Gasteiger partial charge in [0.15, 0.2) is 5.76 Å². The molecule has 0 aliphatic rings. The number of halogens is 1. The summed E-state index contributed by atoms with van der Waals surface area (Å²) in [5.41, 5.74) is 7.50. The zero-order valence-electron chi connectivity index (χ0n) is 10.0. The SMILES string of the molecule is NCc1cc2cc(Cl)c(OCc3ccno3)cc2[nH]1. The monoisotopic (exact) mass is 277 g/mol. The molecule has 0 saturated carbocycles. The Labute approximate surface area is 114 Å². The van der Waals surface area contributed by atoms with Crippen LogP contribution in [0.1, 0.15) is 11.5 Å². The van der Waals surface area contributed by atoms with Crippen molar-refractivity contribution in [3.63, 3.8) is 0 Å². The van der Waals surface area contributed by atoms with E-state index in [-0.39, 0.29) is 6.61 Å². The van der Waals surface area contributed by atoms with Crippen molar-refractivity contribution in [2.75, 3.05) is 0 Å². The molecule has 0 amide bonds. The summed E-state index contributed by atoms with van der Waals surface area (Å²) >= 11 is 6.18. The lowest BCUT2D eigenvalue weighted by Crippen LogP contribution is -1.95. The molecule has 3 rings (SSSR count). The van der Waals surface area contributed by atoms with Crippen molar-refractivity contribution in [1.82, 2.24) is 10.1 Å². The number of nitrogens with one attached hydrogen (secondary N) is 1. The lowest BCUT2D eigenvalue weighted by Gasteiger charge is -2.06. The number of H-pyrrole nitrogens is 1. The first-order chi connectivity index (χ1) is 9.26. The van der Waals surface area contributed by atoms with E-state index in [1.54, 1.807) is 12.3 Å². The van der Waals surface area contributed by atoms with Crippen LogP contribution >= 0.6 is 11.6 Å². The number of fused-ring (bicyclic) bond motifs is 1. The molecule has 0 spiro atoms. The van der Waals surface area contributed by atoms with Crippen LogP contribution in [0.5, 0.6) is 5.75 Å². The molecule has 0 radical (unpaired) electrons. The van der Waals surface area contributed by atoms with E-state index in [1.165, 1.54) is 0 Å². The third-order valence-electron chi connectivity index (χ3n) is 2.81. The van der Waals surface area contributed by atoms with E-state index in [4.69, 9.17) is 26.6 Å². The molecular weight excluding hydrogens is 266 g/mol. The molecule has 0 aliphatic heterocycles. The van der Waals surface area contributed by atoms with E-state index in [2.05, 4.69) is 10.1 Å². The van der Waals surface area contributed by atoms with Gasteiger partial charge in [-0.2, -0.15) is 0 Å². The highest BCUT2D eigenvalue weighted by atomic mass is 35.5. The molecule has 3 aromatic rings. The van der Waals surface area contributed by atoms with Gasteiger partial charge in [0.1, 0.15) is 12.4 Å². The average Bonchev–Trinajstić information content (AvgIpc) is 3.04. The average molecular weight is 278 g/mol. The molecule has 3 N–H and O–H groups in total. The molecule has 2 aromatic heterocycles. The van der Waals surface area contributed by atoms with Crippen LogP contribution < -0.4 is 10.5 Å². The van der Waals surface area contributed by atoms with Gasteiger partial charge in [0.25, 0.3) is 0 Å². The maximum absolute atomic E-state index is 6.18. The van der Waals surface area contributed by atoms with Crippen molar-refractivity contribution in [2.45, 2.75) is 13.2 Å². The highest BCUT2D eigenvalue weighted by Gasteiger charge is 2.08. The Bertz CT molecular complexity index is 691. The zero-order chi connectivity index (χ0) is 13.2. The van der Waals surface area contributed by atoms with Gasteiger partial charge in [-0.3, -0.25) is 0 Å². The first-order valence-electron chi connectivity index (χ1n) is 5.80. The van der Waals surface area contributed by atoms with E-state index in [1.807, 2.05) is 18.2 Å². The van der Waals surface area contributed by atoms with Crippen molar-refractivity contribution in [3.05, 3.63) is 46.9 Å². The van der Waals surface area contributed by atoms with Gasteiger partial charge >= 0.3 is 0 Å². The third-order valence-corrected chi connectivity index (χ3v) is 3.11. The van der Waals surface area contributed by atoms with Gasteiger partial charge < -0.3 is 20.0 Å². The number of hydrogen-bond donors (Lipinski definition) is 2. The Hall–Kier alpha value is -1.98. The Morgan fingerprint density at radius 3 is 3.00 bits per heavy atom. The Kier molecular flexibility index (Phi) is 3.15. The molecule has 0 aliphatic carbocycles. The summed E-state index contributed by atoms with van der Waals surface area (Å²) in [5, 5.41) is 5.18. The first kappa shape index (κ1) is 12.1. The van der Waals surface area contributed by atoms with Crippen molar-refractivity contribution < 1.29 is 9.26 Å². The van der Waals surface area contributed by atoms with Crippen molar-refractivity contribution in [3.8, 4) is 5.75 Å². The molecule has 0 atom stereocenters. The van der Waals surface area contributed by atoms with Gasteiger partial charge in [-0.25, -0.2) is 0 Å². The minimum absolute atomic E-state index is 0.287. The van der Waals surface area contributed by atoms with Gasteiger partial charge in [-0.05, 0) is 12.1 Å². The molecule has 0 saturated heterocycles. The molecule has 6 heteroatoms. The standard InChI is InChI=1S/C13H12ClN3O2/c14-11-4-8-3-9(6-15)17-12(8)5-13(11)18-7-10-1-2-16-19-10/h1-5,17H,6-7,15H2. The number of aromatic amines is 1. The summed E-state index contributed by atoms with van der Waals surface area (Å²) in [5.74, 6) is 1.24. The molecule has 19 heavy (non-hydrogen) atoms. The summed E-state index contributed by atoms with van der Waals surface area (Å²) in [6.07, 6.45) is 1.57. The maximum atomic E-state index is 6.18. The molecule has 98 valence electrons. The maximum Gasteiger partial charge on any atom is 0.174 e. The lowest BCUT2D eigenvalue weighted by atomic mass is 10.2. The van der Waals surface area contributed by atoms with E-state index in [0.29, 0.717) is 23.1 Å². The molecule has 1 aromatic carbocycles. The van der Waals surface area contributed by atoms with Crippen LogP contribution in [-0.4, -0.2) is 10.1 Å². The Balaban J connectivity index is 1.88. The second-order valence-electron chi connectivity index (χ2n) is 4.14. The fraction of sp³-hybridized carbons (Fsp3) is 0.154. The summed E-state index contributed by atoms with van der Waals surface area (Å²) in [6.45, 7) is 0.746. The highest BCUT2D eigenvalue weighted by molar-refractivity contribution is 6.32. The minimum atomic E-state index is 0.287. The fourth-order valence-electron chi connectivity index (χ4n) is 1.88. The summed E-state index contributed by atoms with van der Waals surface area (Å²) < 4.78 is 10.6. The van der Waals surface area contributed by atoms with Crippen LogP contribution in [0.3, 0.4) is 0 Å². The molecule has 5 nitrogen and oxygen atoms in total. The number of ether oxygens (including phenoxy) is 1. The van der Waals surface area contributed by atoms with E-state index < -0.39 is 0 Å². The molecule has 2 heterocycles. The van der Waals surface area contributed by atoms with Gasteiger partial charge in [-0.15, -0.1) is 0 Å². The van der Waals surface area contributed by atoms with Crippen molar-refractivity contribution >= 4 is 22.5 Å². The van der Waals surface area contributed by atoms with E-state index in [0.717, 1.165) is 16.6 Å². The van der Waals surface area contributed by atoms with Crippen LogP contribution in [0.2, 0.25) is 5.02 Å². The van der Waals surface area contributed by atoms with Gasteiger partial charge in [0.05, 0.1) is 11.2 Å². The number of rotatable bonds is 4. The number of benzene rings is 1. The smallest absolute Gasteiger partial charge is 0.174 e. The van der Waals surface area contributed by atoms with E-state index in [9.17, 15) is 0 Å². The lowest BCUT2D eigenvalue weighted by molar-refractivity contribution is 0.249. The van der Waals surface area contributed by atoms with Crippen molar-refractivity contribution in [1.29, 1.82) is 0 Å². The van der Waals surface area contributed by atoms with Gasteiger partial charge in [0.2, 0.25) is 0 Å². The Morgan fingerprint density at radius 1 is 1.37 bits per heavy atom. The van der Waals surface area contributed by atoms with Crippen LogP contribution in [0.15, 0.2) is 35.0 Å². The quantitative estimate of drug-likeness (QED) is 0.769. The third kappa shape index (κ3) is 2.43. The van der Waals surface area contributed by atoms with Crippen LogP contribution in [0.4, 0.5) is 0 Å². The number of nitrogens with two attached hydrogens (primary N) is 1. The number of hydrogen-bond acceptors (Lipinski definition) is 4. The van der Waals surface area contributed by atoms with Crippen LogP contribution in [0.25, 0.3) is 10.9 Å². The largest absolute Gasteiger partial charge is 0.484 e. The molecule has 0 unspecified atom stereocenters. The van der Waals surface area contributed by atoms with Gasteiger partial charge in [-0.1, -0.05) is 16.8 Å². The fourth-order valence-corrected chi connectivity index (χ4v) is 2.11. The molecule has 0 fully saturated rings. The zero-order valence-corrected chi connectivity index (χ0v) is 10.8. The second kappa shape index (κ2) is 4.95. The number of aromatic nitrogens is 2.